The molecule has 6 aromatic rings. The average Bonchev–Trinajstić information content (AvgIpc) is 3.59. The molecule has 4 heterocycles. The van der Waals surface area contributed by atoms with E-state index in [0.717, 1.165) is 69.9 Å². The van der Waals surface area contributed by atoms with Crippen LogP contribution in [0.5, 0.6) is 0 Å². The van der Waals surface area contributed by atoms with Crippen LogP contribution in [-0.2, 0) is 22.6 Å². The molecule has 0 aliphatic rings. The Morgan fingerprint density at radius 1 is 0.562 bits per heavy atom. The van der Waals surface area contributed by atoms with Gasteiger partial charge in [-0.15, -0.1) is 0 Å². The number of hydrogen-bond donors (Lipinski definition) is 0. The SMILES string of the molecule is CCOC(=O)c1cc2c3ccccc3n(CCCCCCCCCCn3c4ccccc4c4cc(C(=O)OCC)nc(C)c43)c2c(C)n1. The summed E-state index contributed by atoms with van der Waals surface area (Å²) in [6, 6.07) is 20.6. The molecule has 0 aliphatic carbocycles. The zero-order chi connectivity index (χ0) is 33.6. The van der Waals surface area contributed by atoms with E-state index in [1.54, 1.807) is 0 Å². The van der Waals surface area contributed by atoms with Crippen LogP contribution >= 0.6 is 0 Å². The molecule has 250 valence electrons. The zero-order valence-electron chi connectivity index (χ0n) is 28.7. The first kappa shape index (κ1) is 33.2. The van der Waals surface area contributed by atoms with Gasteiger partial charge in [0.1, 0.15) is 11.4 Å². The van der Waals surface area contributed by atoms with Crippen molar-refractivity contribution in [2.45, 2.75) is 92.2 Å². The highest BCUT2D eigenvalue weighted by atomic mass is 16.5. The number of rotatable bonds is 15. The van der Waals surface area contributed by atoms with Crippen LogP contribution in [-0.4, -0.2) is 44.3 Å². The lowest BCUT2D eigenvalue weighted by Crippen LogP contribution is -2.08. The number of para-hydroxylation sites is 2. The first-order chi connectivity index (χ1) is 23.4. The number of unbranched alkanes of at least 4 members (excludes halogenated alkanes) is 7. The van der Waals surface area contributed by atoms with Gasteiger partial charge in [0.05, 0.1) is 35.6 Å². The molecule has 4 aromatic heterocycles. The minimum absolute atomic E-state index is 0.335. The quantitative estimate of drug-likeness (QED) is 0.0816. The predicted octanol–water partition coefficient (Wildman–Crippen LogP) is 9.48. The minimum Gasteiger partial charge on any atom is -0.461 e. The lowest BCUT2D eigenvalue weighted by molar-refractivity contribution is 0.0510. The average molecular weight is 647 g/mol. The van der Waals surface area contributed by atoms with Gasteiger partial charge in [0.25, 0.3) is 0 Å². The highest BCUT2D eigenvalue weighted by molar-refractivity contribution is 6.11. The number of nitrogens with zero attached hydrogens (tertiary/aromatic N) is 4. The van der Waals surface area contributed by atoms with Crippen LogP contribution in [0.25, 0.3) is 43.6 Å². The van der Waals surface area contributed by atoms with E-state index in [-0.39, 0.29) is 11.9 Å². The Morgan fingerprint density at radius 2 is 0.938 bits per heavy atom. The first-order valence-electron chi connectivity index (χ1n) is 17.5. The number of aromatic nitrogens is 4. The molecule has 8 heteroatoms. The Kier molecular flexibility index (Phi) is 10.4. The molecule has 0 saturated carbocycles. The molecule has 0 atom stereocenters. The third-order valence-corrected chi connectivity index (χ3v) is 9.33. The van der Waals surface area contributed by atoms with E-state index in [0.29, 0.717) is 24.6 Å². The van der Waals surface area contributed by atoms with Crippen LogP contribution in [0.4, 0.5) is 0 Å². The molecule has 0 aliphatic heterocycles. The lowest BCUT2D eigenvalue weighted by Gasteiger charge is -2.10. The first-order valence-corrected chi connectivity index (χ1v) is 17.5. The second-order valence-corrected chi connectivity index (χ2v) is 12.6. The fourth-order valence-electron chi connectivity index (χ4n) is 7.22. The van der Waals surface area contributed by atoms with Gasteiger partial charge in [-0.25, -0.2) is 19.6 Å². The van der Waals surface area contributed by atoms with Crippen molar-refractivity contribution in [3.05, 3.63) is 83.4 Å². The summed E-state index contributed by atoms with van der Waals surface area (Å²) in [5.41, 5.74) is 7.06. The number of carbonyl (C=O) groups is 2. The maximum absolute atomic E-state index is 12.4. The fourth-order valence-corrected chi connectivity index (χ4v) is 7.22. The molecule has 48 heavy (non-hydrogen) atoms. The summed E-state index contributed by atoms with van der Waals surface area (Å²) < 4.78 is 15.2. The Morgan fingerprint density at radius 3 is 1.33 bits per heavy atom. The van der Waals surface area contributed by atoms with Crippen molar-refractivity contribution in [3.8, 4) is 0 Å². The number of fused-ring (bicyclic) bond motifs is 6. The summed E-state index contributed by atoms with van der Waals surface area (Å²) in [5.74, 6) is -0.742. The summed E-state index contributed by atoms with van der Waals surface area (Å²) in [7, 11) is 0. The molecule has 0 bridgehead atoms. The van der Waals surface area contributed by atoms with Crippen LogP contribution in [0.2, 0.25) is 0 Å². The Bertz CT molecular complexity index is 1940. The summed E-state index contributed by atoms with van der Waals surface area (Å²) >= 11 is 0. The van der Waals surface area contributed by atoms with Crippen molar-refractivity contribution in [3.63, 3.8) is 0 Å². The molecule has 8 nitrogen and oxygen atoms in total. The van der Waals surface area contributed by atoms with E-state index in [9.17, 15) is 9.59 Å². The van der Waals surface area contributed by atoms with E-state index in [1.807, 2.05) is 39.8 Å². The molecule has 0 amide bonds. The summed E-state index contributed by atoms with van der Waals surface area (Å²) in [4.78, 5) is 34.1. The number of pyridine rings is 2. The van der Waals surface area contributed by atoms with Crippen molar-refractivity contribution in [2.75, 3.05) is 13.2 Å². The molecular weight excluding hydrogens is 600 g/mol. The van der Waals surface area contributed by atoms with E-state index in [1.165, 1.54) is 49.6 Å². The van der Waals surface area contributed by atoms with Gasteiger partial charge in [0.2, 0.25) is 0 Å². The Balaban J connectivity index is 1.00. The number of ether oxygens (including phenoxy) is 2. The highest BCUT2D eigenvalue weighted by Crippen LogP contribution is 2.33. The van der Waals surface area contributed by atoms with Crippen molar-refractivity contribution in [2.24, 2.45) is 0 Å². The second-order valence-electron chi connectivity index (χ2n) is 12.6. The van der Waals surface area contributed by atoms with Crippen LogP contribution in [0, 0.1) is 13.8 Å². The van der Waals surface area contributed by atoms with Crippen molar-refractivity contribution >= 4 is 55.6 Å². The molecule has 2 aromatic carbocycles. The molecule has 0 fully saturated rings. The van der Waals surface area contributed by atoms with Gasteiger partial charge in [0, 0.05) is 45.7 Å². The molecule has 0 unspecified atom stereocenters. The van der Waals surface area contributed by atoms with Gasteiger partial charge in [-0.2, -0.15) is 0 Å². The molecular formula is C40H46N4O4. The van der Waals surface area contributed by atoms with E-state index < -0.39 is 0 Å². The van der Waals surface area contributed by atoms with Crippen LogP contribution < -0.4 is 0 Å². The van der Waals surface area contributed by atoms with E-state index in [4.69, 9.17) is 9.47 Å². The van der Waals surface area contributed by atoms with Gasteiger partial charge in [-0.3, -0.25) is 0 Å². The number of carbonyl (C=O) groups excluding carboxylic acids is 2. The van der Waals surface area contributed by atoms with Crippen LogP contribution in [0.1, 0.15) is 97.6 Å². The van der Waals surface area contributed by atoms with Gasteiger partial charge in [-0.05, 0) is 64.8 Å². The maximum Gasteiger partial charge on any atom is 0.356 e. The number of esters is 2. The zero-order valence-corrected chi connectivity index (χ0v) is 28.7. The maximum atomic E-state index is 12.4. The molecule has 6 rings (SSSR count). The standard InChI is InChI=1S/C40H46N4O4/c1-5-47-39(45)33-25-31-29-19-13-15-21-35(29)43(37(31)27(3)41-33)23-17-11-9-7-8-10-12-18-24-44-36-22-16-14-20-30(36)32-26-34(40(46)48-6-2)42-28(4)38(32)44/h13-16,19-22,25-26H,5-12,17-18,23-24H2,1-4H3. The predicted molar refractivity (Wildman–Crippen MR) is 193 cm³/mol. The third-order valence-electron chi connectivity index (χ3n) is 9.33. The summed E-state index contributed by atoms with van der Waals surface area (Å²) in [6.45, 7) is 10.1. The van der Waals surface area contributed by atoms with Crippen molar-refractivity contribution in [1.82, 2.24) is 19.1 Å². The Hall–Kier alpha value is -4.72. The number of benzene rings is 2. The molecule has 0 spiro atoms. The minimum atomic E-state index is -0.371. The van der Waals surface area contributed by atoms with Gasteiger partial charge >= 0.3 is 11.9 Å². The third kappa shape index (κ3) is 6.66. The van der Waals surface area contributed by atoms with Crippen molar-refractivity contribution in [1.29, 1.82) is 0 Å². The second kappa shape index (κ2) is 15.0. The normalized spacial score (nSPS) is 11.7. The smallest absolute Gasteiger partial charge is 0.356 e. The monoisotopic (exact) mass is 646 g/mol. The lowest BCUT2D eigenvalue weighted by atomic mass is 10.1. The molecule has 0 radical (unpaired) electrons. The fraction of sp³-hybridized carbons (Fsp3) is 0.400. The van der Waals surface area contributed by atoms with Crippen LogP contribution in [0.15, 0.2) is 60.7 Å². The molecule has 0 N–H and O–H groups in total. The summed E-state index contributed by atoms with van der Waals surface area (Å²) in [5, 5.41) is 4.43. The Labute approximate surface area is 282 Å². The van der Waals surface area contributed by atoms with Gasteiger partial charge < -0.3 is 18.6 Å². The number of aryl methyl sites for hydroxylation is 4. The number of hydrogen-bond acceptors (Lipinski definition) is 6. The largest absolute Gasteiger partial charge is 0.461 e. The van der Waals surface area contributed by atoms with E-state index in [2.05, 4.69) is 67.6 Å². The van der Waals surface area contributed by atoms with Gasteiger partial charge in [0.15, 0.2) is 0 Å². The highest BCUT2D eigenvalue weighted by Gasteiger charge is 2.19. The van der Waals surface area contributed by atoms with Crippen molar-refractivity contribution < 1.29 is 19.1 Å². The summed E-state index contributed by atoms with van der Waals surface area (Å²) in [6.07, 6.45) is 9.50. The van der Waals surface area contributed by atoms with Crippen LogP contribution in [0.3, 0.4) is 0 Å². The van der Waals surface area contributed by atoms with E-state index >= 15 is 0 Å². The van der Waals surface area contributed by atoms with Gasteiger partial charge in [-0.1, -0.05) is 74.9 Å². The topological polar surface area (TPSA) is 88.2 Å². The molecule has 0 saturated heterocycles.